The van der Waals surface area contributed by atoms with Crippen LogP contribution >= 0.6 is 0 Å². The molecular weight excluding hydrogens is 354 g/mol. The Balaban J connectivity index is 1.49. The summed E-state index contributed by atoms with van der Waals surface area (Å²) >= 11 is 0. The Hall–Kier alpha value is -3.03. The molecule has 27 heavy (non-hydrogen) atoms. The minimum Gasteiger partial charge on any atom is -0.348 e. The number of nitrogens with one attached hydrogen (secondary N) is 1. The molecule has 6 nitrogen and oxygen atoms in total. The van der Waals surface area contributed by atoms with Crippen molar-refractivity contribution in [1.29, 1.82) is 0 Å². The summed E-state index contributed by atoms with van der Waals surface area (Å²) in [6, 6.07) is 6.69. The van der Waals surface area contributed by atoms with Crippen LogP contribution in [0, 0.1) is 11.6 Å². The number of nitrogens with zero attached hydrogens (tertiary/aromatic N) is 3. The first-order valence-electron chi connectivity index (χ1n) is 8.76. The summed E-state index contributed by atoms with van der Waals surface area (Å²) in [5.41, 5.74) is 1.68. The molecule has 1 atom stereocenters. The predicted octanol–water partition coefficient (Wildman–Crippen LogP) is 2.53. The molecule has 0 spiro atoms. The SMILES string of the molecule is C[C@H](NC(=O)Cn1nc2cc(C3CC3)ccn2c1=O)c1ccc(F)c(F)c1. The van der Waals surface area contributed by atoms with Gasteiger partial charge in [-0.2, -0.15) is 0 Å². The Morgan fingerprint density at radius 2 is 2.04 bits per heavy atom. The third-order valence-electron chi connectivity index (χ3n) is 4.77. The summed E-state index contributed by atoms with van der Waals surface area (Å²) in [5, 5.41) is 6.89. The molecule has 4 rings (SSSR count). The minimum atomic E-state index is -0.975. The van der Waals surface area contributed by atoms with Crippen molar-refractivity contribution in [1.82, 2.24) is 19.5 Å². The van der Waals surface area contributed by atoms with E-state index in [0.717, 1.165) is 35.2 Å². The van der Waals surface area contributed by atoms with Crippen LogP contribution in [-0.2, 0) is 11.3 Å². The average Bonchev–Trinajstić information content (AvgIpc) is 3.43. The van der Waals surface area contributed by atoms with Crippen molar-refractivity contribution >= 4 is 11.6 Å². The van der Waals surface area contributed by atoms with Gasteiger partial charge in [0.2, 0.25) is 5.91 Å². The predicted molar refractivity (Wildman–Crippen MR) is 94.3 cm³/mol. The van der Waals surface area contributed by atoms with Crippen LogP contribution in [0.25, 0.3) is 5.65 Å². The van der Waals surface area contributed by atoms with Crippen LogP contribution in [0.5, 0.6) is 0 Å². The first-order chi connectivity index (χ1) is 12.9. The lowest BCUT2D eigenvalue weighted by Gasteiger charge is -2.14. The molecule has 1 N–H and O–H groups in total. The van der Waals surface area contributed by atoms with E-state index in [2.05, 4.69) is 10.4 Å². The van der Waals surface area contributed by atoms with Crippen molar-refractivity contribution in [3.05, 3.63) is 69.8 Å². The van der Waals surface area contributed by atoms with E-state index >= 15 is 0 Å². The molecule has 2 aromatic heterocycles. The number of carbonyl (C=O) groups is 1. The number of amides is 1. The quantitative estimate of drug-likeness (QED) is 0.748. The first-order valence-corrected chi connectivity index (χ1v) is 8.76. The summed E-state index contributed by atoms with van der Waals surface area (Å²) in [4.78, 5) is 24.7. The molecule has 1 aliphatic rings. The van der Waals surface area contributed by atoms with Gasteiger partial charge < -0.3 is 5.32 Å². The third kappa shape index (κ3) is 3.47. The zero-order valence-corrected chi connectivity index (χ0v) is 14.7. The van der Waals surface area contributed by atoms with Gasteiger partial charge in [0.15, 0.2) is 17.3 Å². The van der Waals surface area contributed by atoms with Crippen LogP contribution in [0.15, 0.2) is 41.3 Å². The van der Waals surface area contributed by atoms with Crippen molar-refractivity contribution in [2.24, 2.45) is 0 Å². The van der Waals surface area contributed by atoms with Crippen LogP contribution in [0.1, 0.15) is 42.9 Å². The maximum absolute atomic E-state index is 13.3. The van der Waals surface area contributed by atoms with E-state index in [1.54, 1.807) is 13.1 Å². The Morgan fingerprint density at radius 1 is 1.26 bits per heavy atom. The van der Waals surface area contributed by atoms with Crippen molar-refractivity contribution in [2.45, 2.75) is 38.3 Å². The molecule has 3 aromatic rings. The minimum absolute atomic E-state index is 0.257. The van der Waals surface area contributed by atoms with Gasteiger partial charge in [-0.25, -0.2) is 18.3 Å². The molecule has 0 bridgehead atoms. The smallest absolute Gasteiger partial charge is 0.348 e. The molecule has 140 valence electrons. The van der Waals surface area contributed by atoms with Gasteiger partial charge in [0.1, 0.15) is 6.54 Å². The van der Waals surface area contributed by atoms with E-state index in [9.17, 15) is 18.4 Å². The standard InChI is InChI=1S/C19H18F2N4O2/c1-11(13-4-5-15(20)16(21)8-13)22-18(26)10-25-19(27)24-7-6-14(12-2-3-12)9-17(24)23-25/h4-9,11-12H,2-3,10H2,1H3,(H,22,26)/t11-/m0/s1. The number of benzene rings is 1. The fourth-order valence-corrected chi connectivity index (χ4v) is 3.10. The Morgan fingerprint density at radius 3 is 2.74 bits per heavy atom. The van der Waals surface area contributed by atoms with Gasteiger partial charge in [0.25, 0.3) is 0 Å². The average molecular weight is 372 g/mol. The number of hydrogen-bond donors (Lipinski definition) is 1. The molecule has 1 amide bonds. The van der Waals surface area contributed by atoms with Crippen molar-refractivity contribution in [3.8, 4) is 0 Å². The fourth-order valence-electron chi connectivity index (χ4n) is 3.10. The van der Waals surface area contributed by atoms with Gasteiger partial charge in [-0.05, 0) is 61.1 Å². The number of fused-ring (bicyclic) bond motifs is 1. The molecule has 1 aliphatic carbocycles. The third-order valence-corrected chi connectivity index (χ3v) is 4.77. The molecule has 1 saturated carbocycles. The van der Waals surface area contributed by atoms with Gasteiger partial charge in [-0.3, -0.25) is 9.20 Å². The van der Waals surface area contributed by atoms with Gasteiger partial charge in [-0.15, -0.1) is 5.10 Å². The lowest BCUT2D eigenvalue weighted by molar-refractivity contribution is -0.122. The molecule has 0 unspecified atom stereocenters. The van der Waals surface area contributed by atoms with E-state index in [4.69, 9.17) is 0 Å². The van der Waals surface area contributed by atoms with Gasteiger partial charge in [0, 0.05) is 6.20 Å². The molecular formula is C19H18F2N4O2. The van der Waals surface area contributed by atoms with E-state index in [1.807, 2.05) is 12.1 Å². The van der Waals surface area contributed by atoms with Crippen LogP contribution in [-0.4, -0.2) is 20.1 Å². The Labute approximate surface area is 153 Å². The number of halogens is 2. The molecule has 0 radical (unpaired) electrons. The largest absolute Gasteiger partial charge is 0.350 e. The maximum Gasteiger partial charge on any atom is 0.350 e. The van der Waals surface area contributed by atoms with E-state index in [1.165, 1.54) is 10.5 Å². The molecule has 2 heterocycles. The topological polar surface area (TPSA) is 68.4 Å². The molecule has 8 heteroatoms. The van der Waals surface area contributed by atoms with E-state index < -0.39 is 29.3 Å². The second kappa shape index (κ2) is 6.61. The lowest BCUT2D eigenvalue weighted by Crippen LogP contribution is -2.34. The number of aromatic nitrogens is 3. The maximum atomic E-state index is 13.3. The second-order valence-electron chi connectivity index (χ2n) is 6.87. The Bertz CT molecular complexity index is 1080. The molecule has 1 fully saturated rings. The summed E-state index contributed by atoms with van der Waals surface area (Å²) in [6.07, 6.45) is 3.97. The van der Waals surface area contributed by atoms with Crippen LogP contribution < -0.4 is 11.0 Å². The zero-order chi connectivity index (χ0) is 19.1. The Kier molecular flexibility index (Phi) is 4.25. The van der Waals surface area contributed by atoms with Crippen LogP contribution in [0.2, 0.25) is 0 Å². The van der Waals surface area contributed by atoms with E-state index in [0.29, 0.717) is 17.1 Å². The highest BCUT2D eigenvalue weighted by atomic mass is 19.2. The fraction of sp³-hybridized carbons (Fsp3) is 0.316. The van der Waals surface area contributed by atoms with Crippen LogP contribution in [0.3, 0.4) is 0 Å². The van der Waals surface area contributed by atoms with Gasteiger partial charge >= 0.3 is 5.69 Å². The molecule has 1 aromatic carbocycles. The van der Waals surface area contributed by atoms with E-state index in [-0.39, 0.29) is 6.54 Å². The summed E-state index contributed by atoms with van der Waals surface area (Å²) < 4.78 is 28.9. The van der Waals surface area contributed by atoms with Crippen molar-refractivity contribution in [2.75, 3.05) is 0 Å². The second-order valence-corrected chi connectivity index (χ2v) is 6.87. The highest BCUT2D eigenvalue weighted by Crippen LogP contribution is 2.39. The lowest BCUT2D eigenvalue weighted by atomic mass is 10.1. The monoisotopic (exact) mass is 372 g/mol. The summed E-state index contributed by atoms with van der Waals surface area (Å²) in [7, 11) is 0. The van der Waals surface area contributed by atoms with Crippen LogP contribution in [0.4, 0.5) is 8.78 Å². The zero-order valence-electron chi connectivity index (χ0n) is 14.7. The summed E-state index contributed by atoms with van der Waals surface area (Å²) in [6.45, 7) is 1.40. The molecule has 0 aliphatic heterocycles. The number of rotatable bonds is 5. The van der Waals surface area contributed by atoms with Gasteiger partial charge in [-0.1, -0.05) is 6.07 Å². The number of carbonyl (C=O) groups excluding carboxylic acids is 1. The first kappa shape index (κ1) is 17.4. The van der Waals surface area contributed by atoms with Crippen molar-refractivity contribution in [3.63, 3.8) is 0 Å². The molecule has 0 saturated heterocycles. The summed E-state index contributed by atoms with van der Waals surface area (Å²) in [5.74, 6) is -1.83. The van der Waals surface area contributed by atoms with Gasteiger partial charge in [0.05, 0.1) is 6.04 Å². The highest BCUT2D eigenvalue weighted by molar-refractivity contribution is 5.76. The highest BCUT2D eigenvalue weighted by Gasteiger charge is 2.24. The van der Waals surface area contributed by atoms with Crippen molar-refractivity contribution < 1.29 is 13.6 Å². The number of hydrogen-bond acceptors (Lipinski definition) is 3. The number of pyridine rings is 1. The normalized spacial score (nSPS) is 15.1.